The van der Waals surface area contributed by atoms with E-state index in [0.29, 0.717) is 24.0 Å². The second-order valence-corrected chi connectivity index (χ2v) is 6.38. The minimum absolute atomic E-state index is 0.187. The van der Waals surface area contributed by atoms with Crippen LogP contribution in [0.2, 0.25) is 0 Å². The molecule has 0 aliphatic heterocycles. The minimum atomic E-state index is 0.187. The summed E-state index contributed by atoms with van der Waals surface area (Å²) in [6.45, 7) is 0. The summed E-state index contributed by atoms with van der Waals surface area (Å²) in [6.07, 6.45) is 12.2. The lowest BCUT2D eigenvalue weighted by Gasteiger charge is -2.24. The van der Waals surface area contributed by atoms with Gasteiger partial charge in [0, 0.05) is 12.1 Å². The Morgan fingerprint density at radius 2 is 1.05 bits per heavy atom. The molecule has 2 aliphatic rings. The van der Waals surface area contributed by atoms with E-state index in [1.807, 2.05) is 5.48 Å². The molecular formula is C15H26N6O. The smallest absolute Gasteiger partial charge is 0.253 e. The number of nitrogens with zero attached hydrogens (tertiary/aromatic N) is 3. The van der Waals surface area contributed by atoms with Gasteiger partial charge in [0.25, 0.3) is 5.95 Å². The Balaban J connectivity index is 1.67. The van der Waals surface area contributed by atoms with E-state index in [2.05, 4.69) is 25.6 Å². The van der Waals surface area contributed by atoms with Gasteiger partial charge in [-0.1, -0.05) is 38.5 Å². The molecular weight excluding hydrogens is 280 g/mol. The van der Waals surface area contributed by atoms with Gasteiger partial charge in [-0.05, 0) is 25.7 Å². The van der Waals surface area contributed by atoms with E-state index in [4.69, 9.17) is 5.21 Å². The molecule has 1 aromatic rings. The second kappa shape index (κ2) is 7.58. The molecule has 0 saturated heterocycles. The fourth-order valence-corrected chi connectivity index (χ4v) is 3.41. The van der Waals surface area contributed by atoms with Crippen LogP contribution >= 0.6 is 0 Å². The first-order valence-electron chi connectivity index (χ1n) is 8.53. The molecule has 0 unspecified atom stereocenters. The third-order valence-corrected chi connectivity index (χ3v) is 4.61. The number of hydrogen-bond donors (Lipinski definition) is 4. The van der Waals surface area contributed by atoms with Crippen molar-refractivity contribution in [3.05, 3.63) is 0 Å². The SMILES string of the molecule is ONc1nc(NC2CCCCC2)nc(NC2CCCCC2)n1. The fourth-order valence-electron chi connectivity index (χ4n) is 3.41. The molecule has 2 aliphatic carbocycles. The molecule has 0 atom stereocenters. The van der Waals surface area contributed by atoms with Crippen molar-refractivity contribution in [1.29, 1.82) is 0 Å². The summed E-state index contributed by atoms with van der Waals surface area (Å²) in [5.41, 5.74) is 2.04. The maximum absolute atomic E-state index is 9.14. The number of anilines is 3. The third kappa shape index (κ3) is 4.19. The van der Waals surface area contributed by atoms with Crippen LogP contribution < -0.4 is 16.1 Å². The van der Waals surface area contributed by atoms with Crippen LogP contribution in [-0.4, -0.2) is 32.2 Å². The summed E-state index contributed by atoms with van der Waals surface area (Å²) < 4.78 is 0. The quantitative estimate of drug-likeness (QED) is 0.621. The van der Waals surface area contributed by atoms with E-state index < -0.39 is 0 Å². The average molecular weight is 306 g/mol. The van der Waals surface area contributed by atoms with E-state index in [-0.39, 0.29) is 5.95 Å². The highest BCUT2D eigenvalue weighted by atomic mass is 16.5. The number of hydrogen-bond acceptors (Lipinski definition) is 7. The van der Waals surface area contributed by atoms with Crippen LogP contribution in [0.15, 0.2) is 0 Å². The van der Waals surface area contributed by atoms with Crippen molar-refractivity contribution in [2.45, 2.75) is 76.3 Å². The van der Waals surface area contributed by atoms with Gasteiger partial charge in [-0.15, -0.1) is 0 Å². The Labute approximate surface area is 131 Å². The molecule has 0 bridgehead atoms. The van der Waals surface area contributed by atoms with Crippen molar-refractivity contribution in [2.24, 2.45) is 0 Å². The Morgan fingerprint density at radius 1 is 0.636 bits per heavy atom. The predicted octanol–water partition coefficient (Wildman–Crippen LogP) is 3.16. The lowest BCUT2D eigenvalue weighted by molar-refractivity contribution is 0.382. The van der Waals surface area contributed by atoms with Crippen molar-refractivity contribution >= 4 is 17.8 Å². The molecule has 0 amide bonds. The Morgan fingerprint density at radius 3 is 1.45 bits per heavy atom. The van der Waals surface area contributed by atoms with Gasteiger partial charge in [0.1, 0.15) is 0 Å². The van der Waals surface area contributed by atoms with Gasteiger partial charge in [0.15, 0.2) is 0 Å². The van der Waals surface area contributed by atoms with E-state index in [0.717, 1.165) is 25.7 Å². The molecule has 4 N–H and O–H groups in total. The Bertz CT molecular complexity index is 433. The first kappa shape index (κ1) is 15.3. The number of rotatable bonds is 5. The van der Waals surface area contributed by atoms with Crippen molar-refractivity contribution in [3.8, 4) is 0 Å². The molecule has 0 aromatic carbocycles. The van der Waals surface area contributed by atoms with Gasteiger partial charge < -0.3 is 10.6 Å². The zero-order valence-electron chi connectivity index (χ0n) is 13.0. The standard InChI is InChI=1S/C15H26N6O/c22-21-15-19-13(16-11-7-3-1-4-8-11)18-14(20-15)17-12-9-5-2-6-10-12/h11-12,22H,1-10H2,(H3,16,17,18,19,20,21). The summed E-state index contributed by atoms with van der Waals surface area (Å²) in [6, 6.07) is 0.843. The maximum atomic E-state index is 9.14. The van der Waals surface area contributed by atoms with E-state index in [1.165, 1.54) is 38.5 Å². The molecule has 0 radical (unpaired) electrons. The van der Waals surface area contributed by atoms with Crippen LogP contribution in [0.5, 0.6) is 0 Å². The van der Waals surface area contributed by atoms with Crippen LogP contribution in [-0.2, 0) is 0 Å². The highest BCUT2D eigenvalue weighted by Gasteiger charge is 2.18. The zero-order valence-corrected chi connectivity index (χ0v) is 13.0. The number of nitrogens with one attached hydrogen (secondary N) is 3. The number of aromatic nitrogens is 3. The summed E-state index contributed by atoms with van der Waals surface area (Å²) in [5.74, 6) is 1.26. The molecule has 22 heavy (non-hydrogen) atoms. The first-order valence-corrected chi connectivity index (χ1v) is 8.53. The molecule has 0 spiro atoms. The molecule has 1 aromatic heterocycles. The Kier molecular flexibility index (Phi) is 5.26. The maximum Gasteiger partial charge on any atom is 0.253 e. The zero-order chi connectivity index (χ0) is 15.2. The molecule has 3 rings (SSSR count). The molecule has 7 heteroatoms. The highest BCUT2D eigenvalue weighted by Crippen LogP contribution is 2.23. The lowest BCUT2D eigenvalue weighted by atomic mass is 9.96. The minimum Gasteiger partial charge on any atom is -0.351 e. The molecule has 2 fully saturated rings. The fraction of sp³-hybridized carbons (Fsp3) is 0.800. The van der Waals surface area contributed by atoms with Crippen molar-refractivity contribution in [3.63, 3.8) is 0 Å². The Hall–Kier alpha value is -1.63. The summed E-state index contributed by atoms with van der Waals surface area (Å²) in [4.78, 5) is 12.9. The van der Waals surface area contributed by atoms with Crippen LogP contribution in [0.3, 0.4) is 0 Å². The summed E-state index contributed by atoms with van der Waals surface area (Å²) >= 11 is 0. The lowest BCUT2D eigenvalue weighted by Crippen LogP contribution is -2.26. The second-order valence-electron chi connectivity index (χ2n) is 6.38. The first-order chi connectivity index (χ1) is 10.8. The molecule has 7 nitrogen and oxygen atoms in total. The average Bonchev–Trinajstić information content (AvgIpc) is 2.56. The van der Waals surface area contributed by atoms with Crippen molar-refractivity contribution in [1.82, 2.24) is 15.0 Å². The largest absolute Gasteiger partial charge is 0.351 e. The van der Waals surface area contributed by atoms with Crippen molar-refractivity contribution in [2.75, 3.05) is 16.1 Å². The monoisotopic (exact) mass is 306 g/mol. The van der Waals surface area contributed by atoms with Gasteiger partial charge in [-0.2, -0.15) is 15.0 Å². The van der Waals surface area contributed by atoms with Gasteiger partial charge >= 0.3 is 0 Å². The van der Waals surface area contributed by atoms with Crippen LogP contribution in [0, 0.1) is 0 Å². The van der Waals surface area contributed by atoms with E-state index in [1.54, 1.807) is 0 Å². The van der Waals surface area contributed by atoms with E-state index in [9.17, 15) is 0 Å². The molecule has 1 heterocycles. The summed E-state index contributed by atoms with van der Waals surface area (Å²) in [5, 5.41) is 15.9. The van der Waals surface area contributed by atoms with Crippen LogP contribution in [0.1, 0.15) is 64.2 Å². The van der Waals surface area contributed by atoms with Crippen LogP contribution in [0.25, 0.3) is 0 Å². The third-order valence-electron chi connectivity index (χ3n) is 4.61. The van der Waals surface area contributed by atoms with Gasteiger partial charge in [-0.25, -0.2) is 5.48 Å². The summed E-state index contributed by atoms with van der Waals surface area (Å²) in [7, 11) is 0. The van der Waals surface area contributed by atoms with E-state index >= 15 is 0 Å². The topological polar surface area (TPSA) is 95.0 Å². The van der Waals surface area contributed by atoms with Gasteiger partial charge in [0.2, 0.25) is 11.9 Å². The highest BCUT2D eigenvalue weighted by molar-refractivity contribution is 5.42. The normalized spacial score (nSPS) is 20.6. The van der Waals surface area contributed by atoms with Crippen LogP contribution in [0.4, 0.5) is 17.8 Å². The predicted molar refractivity (Wildman–Crippen MR) is 86.2 cm³/mol. The van der Waals surface area contributed by atoms with Gasteiger partial charge in [-0.3, -0.25) is 5.21 Å². The molecule has 2 saturated carbocycles. The van der Waals surface area contributed by atoms with Gasteiger partial charge in [0.05, 0.1) is 0 Å². The molecule has 122 valence electrons. The van der Waals surface area contributed by atoms with Crippen molar-refractivity contribution < 1.29 is 5.21 Å².